The van der Waals surface area contributed by atoms with E-state index in [1.54, 1.807) is 6.20 Å². The molecule has 4 N–H and O–H groups in total. The lowest BCUT2D eigenvalue weighted by molar-refractivity contribution is 0.693. The highest BCUT2D eigenvalue weighted by molar-refractivity contribution is 5.39. The number of hydrogen-bond acceptors (Lipinski definition) is 4. The Balaban J connectivity index is 2.17. The number of nitrogen functional groups attached to an aromatic ring is 1. The van der Waals surface area contributed by atoms with E-state index in [0.29, 0.717) is 12.2 Å². The van der Waals surface area contributed by atoms with Crippen LogP contribution in [-0.2, 0) is 6.42 Å². The molecule has 4 heteroatoms. The van der Waals surface area contributed by atoms with Gasteiger partial charge in [0.2, 0.25) is 0 Å². The van der Waals surface area contributed by atoms with Gasteiger partial charge in [0.25, 0.3) is 0 Å². The Morgan fingerprint density at radius 3 is 2.76 bits per heavy atom. The number of hydrogen-bond donors (Lipinski definition) is 2. The summed E-state index contributed by atoms with van der Waals surface area (Å²) in [5.41, 5.74) is 14.7. The lowest BCUT2D eigenvalue weighted by Crippen LogP contribution is -2.16. The van der Waals surface area contributed by atoms with Crippen LogP contribution < -0.4 is 11.5 Å². The van der Waals surface area contributed by atoms with Gasteiger partial charge in [-0.15, -0.1) is 0 Å². The minimum atomic E-state index is -0.151. The van der Waals surface area contributed by atoms with E-state index in [-0.39, 0.29) is 6.04 Å². The Hall–Kier alpha value is -1.94. The van der Waals surface area contributed by atoms with Gasteiger partial charge in [0.15, 0.2) is 0 Å². The van der Waals surface area contributed by atoms with E-state index in [9.17, 15) is 0 Å². The predicted molar refractivity (Wildman–Crippen MR) is 68.3 cm³/mol. The molecule has 4 nitrogen and oxygen atoms in total. The maximum absolute atomic E-state index is 6.12. The summed E-state index contributed by atoms with van der Waals surface area (Å²) in [4.78, 5) is 8.46. The van der Waals surface area contributed by atoms with E-state index in [2.05, 4.69) is 9.97 Å². The van der Waals surface area contributed by atoms with E-state index < -0.39 is 0 Å². The van der Waals surface area contributed by atoms with Gasteiger partial charge in [-0.05, 0) is 37.1 Å². The second-order valence-corrected chi connectivity index (χ2v) is 4.06. The van der Waals surface area contributed by atoms with Crippen molar-refractivity contribution in [3.8, 4) is 0 Å². The largest absolute Gasteiger partial charge is 0.383 e. The van der Waals surface area contributed by atoms with E-state index in [1.807, 2.05) is 37.3 Å². The van der Waals surface area contributed by atoms with E-state index >= 15 is 0 Å². The maximum Gasteiger partial charge on any atom is 0.126 e. The first kappa shape index (κ1) is 11.5. The van der Waals surface area contributed by atoms with Crippen molar-refractivity contribution in [1.29, 1.82) is 0 Å². The summed E-state index contributed by atoms with van der Waals surface area (Å²) in [5, 5.41) is 0. The lowest BCUT2D eigenvalue weighted by Gasteiger charge is -2.12. The summed E-state index contributed by atoms with van der Waals surface area (Å²) in [6, 6.07) is 9.50. The molecular formula is C13H16N4. The lowest BCUT2D eigenvalue weighted by atomic mass is 10.0. The number of pyridine rings is 2. The first-order valence-corrected chi connectivity index (χ1v) is 5.55. The fraction of sp³-hybridized carbons (Fsp3) is 0.231. The van der Waals surface area contributed by atoms with E-state index in [1.165, 1.54) is 0 Å². The second kappa shape index (κ2) is 4.93. The fourth-order valence-corrected chi connectivity index (χ4v) is 1.74. The molecule has 2 aromatic heterocycles. The average Bonchev–Trinajstić information content (AvgIpc) is 2.32. The molecule has 88 valence electrons. The van der Waals surface area contributed by atoms with Crippen LogP contribution in [0.3, 0.4) is 0 Å². The van der Waals surface area contributed by atoms with Gasteiger partial charge in [-0.3, -0.25) is 4.98 Å². The van der Waals surface area contributed by atoms with Crippen molar-refractivity contribution in [2.75, 3.05) is 5.73 Å². The zero-order chi connectivity index (χ0) is 12.3. The predicted octanol–water partition coefficient (Wildman–Crippen LogP) is 1.61. The summed E-state index contributed by atoms with van der Waals surface area (Å²) in [5.74, 6) is 0.538. The molecule has 0 aromatic carbocycles. The zero-order valence-corrected chi connectivity index (χ0v) is 9.80. The summed E-state index contributed by atoms with van der Waals surface area (Å²) in [6.07, 6.45) is 2.32. The molecule has 1 atom stereocenters. The van der Waals surface area contributed by atoms with Crippen LogP contribution in [0.2, 0.25) is 0 Å². The van der Waals surface area contributed by atoms with E-state index in [4.69, 9.17) is 11.5 Å². The van der Waals surface area contributed by atoms with Crippen LogP contribution >= 0.6 is 0 Å². The summed E-state index contributed by atoms with van der Waals surface area (Å²) in [7, 11) is 0. The third-order valence-electron chi connectivity index (χ3n) is 2.66. The highest BCUT2D eigenvalue weighted by Crippen LogP contribution is 2.17. The molecule has 0 aliphatic rings. The SMILES string of the molecule is Cc1cccc(C(N)Cc2cccnc2N)n1. The van der Waals surface area contributed by atoms with Crippen molar-refractivity contribution in [3.05, 3.63) is 53.5 Å². The van der Waals surface area contributed by atoms with Crippen molar-refractivity contribution >= 4 is 5.82 Å². The minimum absolute atomic E-state index is 0.151. The molecule has 0 radical (unpaired) electrons. The molecule has 0 saturated carbocycles. The van der Waals surface area contributed by atoms with Crippen molar-refractivity contribution in [2.45, 2.75) is 19.4 Å². The van der Waals surface area contributed by atoms with Crippen LogP contribution in [0.1, 0.15) is 23.0 Å². The molecule has 0 aliphatic heterocycles. The third kappa shape index (κ3) is 2.79. The molecule has 0 saturated heterocycles. The van der Waals surface area contributed by atoms with Crippen molar-refractivity contribution < 1.29 is 0 Å². The Bertz CT molecular complexity index is 510. The van der Waals surface area contributed by atoms with Crippen molar-refractivity contribution in [1.82, 2.24) is 9.97 Å². The molecule has 0 spiro atoms. The minimum Gasteiger partial charge on any atom is -0.383 e. The molecular weight excluding hydrogens is 212 g/mol. The van der Waals surface area contributed by atoms with Crippen molar-refractivity contribution in [3.63, 3.8) is 0 Å². The van der Waals surface area contributed by atoms with Gasteiger partial charge in [0.1, 0.15) is 5.82 Å². The number of aryl methyl sites for hydroxylation is 1. The van der Waals surface area contributed by atoms with Gasteiger partial charge in [0, 0.05) is 11.9 Å². The van der Waals surface area contributed by atoms with Crippen LogP contribution in [0, 0.1) is 6.92 Å². The Kier molecular flexibility index (Phi) is 3.35. The monoisotopic (exact) mass is 228 g/mol. The summed E-state index contributed by atoms with van der Waals surface area (Å²) >= 11 is 0. The Labute approximate surface area is 101 Å². The third-order valence-corrected chi connectivity index (χ3v) is 2.66. The number of nitrogens with zero attached hydrogens (tertiary/aromatic N) is 2. The number of nitrogens with two attached hydrogens (primary N) is 2. The van der Waals surface area contributed by atoms with Gasteiger partial charge in [-0.2, -0.15) is 0 Å². The molecule has 0 fully saturated rings. The van der Waals surface area contributed by atoms with Gasteiger partial charge >= 0.3 is 0 Å². The smallest absolute Gasteiger partial charge is 0.126 e. The van der Waals surface area contributed by atoms with Crippen LogP contribution in [0.15, 0.2) is 36.5 Å². The van der Waals surface area contributed by atoms with Gasteiger partial charge in [-0.25, -0.2) is 4.98 Å². The van der Waals surface area contributed by atoms with Gasteiger partial charge in [0.05, 0.1) is 11.7 Å². The molecule has 2 rings (SSSR count). The Morgan fingerprint density at radius 1 is 1.24 bits per heavy atom. The number of rotatable bonds is 3. The molecule has 17 heavy (non-hydrogen) atoms. The number of anilines is 1. The quantitative estimate of drug-likeness (QED) is 0.836. The molecule has 2 heterocycles. The summed E-state index contributed by atoms with van der Waals surface area (Å²) < 4.78 is 0. The van der Waals surface area contributed by atoms with Crippen LogP contribution in [0.5, 0.6) is 0 Å². The Morgan fingerprint density at radius 2 is 2.06 bits per heavy atom. The first-order valence-electron chi connectivity index (χ1n) is 5.55. The summed E-state index contributed by atoms with van der Waals surface area (Å²) in [6.45, 7) is 1.95. The van der Waals surface area contributed by atoms with Gasteiger partial charge in [-0.1, -0.05) is 12.1 Å². The highest BCUT2D eigenvalue weighted by atomic mass is 14.8. The highest BCUT2D eigenvalue weighted by Gasteiger charge is 2.10. The fourth-order valence-electron chi connectivity index (χ4n) is 1.74. The molecule has 1 unspecified atom stereocenters. The van der Waals surface area contributed by atoms with Crippen LogP contribution in [-0.4, -0.2) is 9.97 Å². The average molecular weight is 228 g/mol. The first-order chi connectivity index (χ1) is 8.16. The topological polar surface area (TPSA) is 77.8 Å². The molecule has 0 bridgehead atoms. The van der Waals surface area contributed by atoms with Crippen molar-refractivity contribution in [2.24, 2.45) is 5.73 Å². The zero-order valence-electron chi connectivity index (χ0n) is 9.80. The van der Waals surface area contributed by atoms with E-state index in [0.717, 1.165) is 17.0 Å². The molecule has 2 aromatic rings. The maximum atomic E-state index is 6.12. The van der Waals surface area contributed by atoms with Crippen LogP contribution in [0.25, 0.3) is 0 Å². The standard InChI is InChI=1S/C13H16N4/c1-9-4-2-6-12(17-9)11(14)8-10-5-3-7-16-13(10)15/h2-7,11H,8,14H2,1H3,(H2,15,16). The normalized spacial score (nSPS) is 12.4. The molecule has 0 aliphatic carbocycles. The molecule has 0 amide bonds. The van der Waals surface area contributed by atoms with Crippen LogP contribution in [0.4, 0.5) is 5.82 Å². The van der Waals surface area contributed by atoms with Gasteiger partial charge < -0.3 is 11.5 Å². The number of aromatic nitrogens is 2. The second-order valence-electron chi connectivity index (χ2n) is 4.06.